The number of methoxy groups -OCH3 is 1. The Morgan fingerprint density at radius 1 is 1.17 bits per heavy atom. The molecule has 0 aliphatic carbocycles. The Labute approximate surface area is 195 Å². The average molecular weight is 526 g/mol. The van der Waals surface area contributed by atoms with Gasteiger partial charge in [0.1, 0.15) is 18.5 Å². The highest BCUT2D eigenvalue weighted by Gasteiger charge is 2.21. The Bertz CT molecular complexity index is 832. The Kier molecular flexibility index (Phi) is 9.51. The molecule has 8 heteroatoms. The lowest BCUT2D eigenvalue weighted by atomic mass is 10.1. The highest BCUT2D eigenvalue weighted by atomic mass is 127. The summed E-state index contributed by atoms with van der Waals surface area (Å²) in [5, 5.41) is 6.73. The van der Waals surface area contributed by atoms with Crippen LogP contribution in [0.15, 0.2) is 53.5 Å². The lowest BCUT2D eigenvalue weighted by Gasteiger charge is -2.28. The molecule has 7 nitrogen and oxygen atoms in total. The van der Waals surface area contributed by atoms with Gasteiger partial charge in [0.15, 0.2) is 17.5 Å². The summed E-state index contributed by atoms with van der Waals surface area (Å²) < 4.78 is 17.1. The molecule has 1 aliphatic rings. The van der Waals surface area contributed by atoms with Gasteiger partial charge in [0.2, 0.25) is 0 Å². The number of nitrogens with zero attached hydrogens (tertiary/aromatic N) is 2. The van der Waals surface area contributed by atoms with E-state index in [0.29, 0.717) is 19.7 Å². The van der Waals surface area contributed by atoms with Gasteiger partial charge in [-0.25, -0.2) is 0 Å². The molecule has 0 aromatic heterocycles. The van der Waals surface area contributed by atoms with Crippen LogP contribution in [-0.4, -0.2) is 64.9 Å². The van der Waals surface area contributed by atoms with Gasteiger partial charge in [-0.05, 0) is 43.9 Å². The fraction of sp³-hybridized carbons (Fsp3) is 0.409. The van der Waals surface area contributed by atoms with Crippen molar-refractivity contribution in [3.05, 3.63) is 54.1 Å². The predicted octanol–water partition coefficient (Wildman–Crippen LogP) is 2.92. The molecule has 2 atom stereocenters. The summed E-state index contributed by atoms with van der Waals surface area (Å²) in [5.74, 6) is 3.14. The summed E-state index contributed by atoms with van der Waals surface area (Å²) in [6.07, 6.45) is -0.0773. The van der Waals surface area contributed by atoms with E-state index >= 15 is 0 Å². The number of rotatable bonds is 7. The Hall–Kier alpha value is -2.20. The van der Waals surface area contributed by atoms with Gasteiger partial charge >= 0.3 is 0 Å². The number of benzene rings is 2. The van der Waals surface area contributed by atoms with Crippen LogP contribution in [0.1, 0.15) is 11.6 Å². The van der Waals surface area contributed by atoms with E-state index in [1.807, 2.05) is 36.4 Å². The summed E-state index contributed by atoms with van der Waals surface area (Å²) in [4.78, 5) is 6.50. The first-order valence-corrected chi connectivity index (χ1v) is 9.74. The van der Waals surface area contributed by atoms with Gasteiger partial charge in [-0.2, -0.15) is 0 Å². The molecule has 0 fully saturated rings. The first kappa shape index (κ1) is 24.1. The minimum atomic E-state index is -0.0773. The number of hydrogen-bond acceptors (Lipinski definition) is 5. The van der Waals surface area contributed by atoms with Gasteiger partial charge in [0, 0.05) is 13.6 Å². The second-order valence-electron chi connectivity index (χ2n) is 7.09. The molecule has 2 aromatic rings. The second kappa shape index (κ2) is 11.8. The van der Waals surface area contributed by atoms with Gasteiger partial charge in [0.05, 0.1) is 19.7 Å². The zero-order chi connectivity index (χ0) is 20.6. The van der Waals surface area contributed by atoms with E-state index in [2.05, 4.69) is 46.8 Å². The van der Waals surface area contributed by atoms with Crippen molar-refractivity contribution in [3.63, 3.8) is 0 Å². The van der Waals surface area contributed by atoms with Gasteiger partial charge in [-0.15, -0.1) is 24.0 Å². The molecule has 164 valence electrons. The van der Waals surface area contributed by atoms with Crippen molar-refractivity contribution in [1.82, 2.24) is 15.5 Å². The molecule has 0 bridgehead atoms. The zero-order valence-electron chi connectivity index (χ0n) is 17.9. The van der Waals surface area contributed by atoms with Crippen molar-refractivity contribution in [2.75, 3.05) is 47.9 Å². The number of ether oxygens (including phenoxy) is 3. The van der Waals surface area contributed by atoms with E-state index < -0.39 is 0 Å². The molecule has 2 aromatic carbocycles. The fourth-order valence-corrected chi connectivity index (χ4v) is 3.24. The standard InChI is InChI=1S/C22H30N4O3.HI/c1-23-22(24-13-18-15-28-20-10-5-6-11-21(20)29-18)25-14-19(26(2)3)16-8-7-9-17(12-16)27-4;/h5-12,18-19H,13-15H2,1-4H3,(H2,23,24,25);1H. The number of nitrogens with one attached hydrogen (secondary N) is 2. The molecular weight excluding hydrogens is 495 g/mol. The predicted molar refractivity (Wildman–Crippen MR) is 131 cm³/mol. The third-order valence-corrected chi connectivity index (χ3v) is 4.85. The quantitative estimate of drug-likeness (QED) is 0.329. The molecule has 2 unspecified atom stereocenters. The van der Waals surface area contributed by atoms with Crippen LogP contribution in [0.3, 0.4) is 0 Å². The molecular formula is C22H31IN4O3. The summed E-state index contributed by atoms with van der Waals surface area (Å²) in [7, 11) is 7.57. The van der Waals surface area contributed by atoms with Crippen molar-refractivity contribution in [2.24, 2.45) is 4.99 Å². The molecule has 1 heterocycles. The van der Waals surface area contributed by atoms with E-state index in [-0.39, 0.29) is 36.1 Å². The highest BCUT2D eigenvalue weighted by molar-refractivity contribution is 14.0. The molecule has 0 radical (unpaired) electrons. The third-order valence-electron chi connectivity index (χ3n) is 4.85. The molecule has 30 heavy (non-hydrogen) atoms. The van der Waals surface area contributed by atoms with E-state index in [9.17, 15) is 0 Å². The zero-order valence-corrected chi connectivity index (χ0v) is 20.3. The molecule has 0 saturated heterocycles. The van der Waals surface area contributed by atoms with Crippen LogP contribution in [0.25, 0.3) is 0 Å². The van der Waals surface area contributed by atoms with Crippen LogP contribution in [-0.2, 0) is 0 Å². The van der Waals surface area contributed by atoms with Crippen LogP contribution < -0.4 is 24.8 Å². The molecule has 2 N–H and O–H groups in total. The van der Waals surface area contributed by atoms with Gasteiger partial charge in [-0.1, -0.05) is 24.3 Å². The smallest absolute Gasteiger partial charge is 0.191 e. The first-order valence-electron chi connectivity index (χ1n) is 9.74. The van der Waals surface area contributed by atoms with Crippen LogP contribution in [0, 0.1) is 0 Å². The van der Waals surface area contributed by atoms with Gasteiger partial charge in [0.25, 0.3) is 0 Å². The number of hydrogen-bond donors (Lipinski definition) is 2. The SMILES string of the molecule is CN=C(NCC1COc2ccccc2O1)NCC(c1cccc(OC)c1)N(C)C.I. The average Bonchev–Trinajstić information content (AvgIpc) is 2.75. The van der Waals surface area contributed by atoms with E-state index in [1.165, 1.54) is 5.56 Å². The summed E-state index contributed by atoms with van der Waals surface area (Å²) in [6.45, 7) is 1.80. The van der Waals surface area contributed by atoms with Crippen molar-refractivity contribution in [3.8, 4) is 17.2 Å². The topological polar surface area (TPSA) is 67.4 Å². The van der Waals surface area contributed by atoms with E-state index in [1.54, 1.807) is 14.2 Å². The summed E-state index contributed by atoms with van der Waals surface area (Å²) >= 11 is 0. The van der Waals surface area contributed by atoms with E-state index in [4.69, 9.17) is 14.2 Å². The molecule has 0 spiro atoms. The van der Waals surface area contributed by atoms with Crippen molar-refractivity contribution < 1.29 is 14.2 Å². The maximum absolute atomic E-state index is 5.99. The van der Waals surface area contributed by atoms with Gasteiger partial charge < -0.3 is 29.7 Å². The van der Waals surface area contributed by atoms with Crippen LogP contribution in [0.4, 0.5) is 0 Å². The van der Waals surface area contributed by atoms with Crippen LogP contribution in [0.5, 0.6) is 17.2 Å². The monoisotopic (exact) mass is 526 g/mol. The largest absolute Gasteiger partial charge is 0.497 e. The third kappa shape index (κ3) is 6.40. The lowest BCUT2D eigenvalue weighted by molar-refractivity contribution is 0.0936. The highest BCUT2D eigenvalue weighted by Crippen LogP contribution is 2.30. The molecule has 0 amide bonds. The second-order valence-corrected chi connectivity index (χ2v) is 7.09. The number of guanidine groups is 1. The summed E-state index contributed by atoms with van der Waals surface area (Å²) in [5.41, 5.74) is 1.18. The number of aliphatic imine (C=N–C) groups is 1. The van der Waals surface area contributed by atoms with Gasteiger partial charge in [-0.3, -0.25) is 4.99 Å². The van der Waals surface area contributed by atoms with Crippen LogP contribution in [0.2, 0.25) is 0 Å². The summed E-state index contributed by atoms with van der Waals surface area (Å²) in [6, 6.07) is 16.0. The van der Waals surface area contributed by atoms with Crippen LogP contribution >= 0.6 is 24.0 Å². The van der Waals surface area contributed by atoms with Crippen molar-refractivity contribution in [1.29, 1.82) is 0 Å². The van der Waals surface area contributed by atoms with Crippen molar-refractivity contribution in [2.45, 2.75) is 12.1 Å². The number of likely N-dealkylation sites (N-methyl/N-ethyl adjacent to an activating group) is 1. The maximum atomic E-state index is 5.99. The fourth-order valence-electron chi connectivity index (χ4n) is 3.24. The minimum Gasteiger partial charge on any atom is -0.497 e. The Morgan fingerprint density at radius 2 is 1.93 bits per heavy atom. The normalized spacial score (nSPS) is 16.4. The first-order chi connectivity index (χ1) is 14.1. The Balaban J connectivity index is 0.00000320. The number of para-hydroxylation sites is 2. The minimum absolute atomic E-state index is 0. The molecule has 3 rings (SSSR count). The maximum Gasteiger partial charge on any atom is 0.191 e. The Morgan fingerprint density at radius 3 is 2.63 bits per heavy atom. The van der Waals surface area contributed by atoms with Crippen molar-refractivity contribution >= 4 is 29.9 Å². The number of halogens is 1. The molecule has 0 saturated carbocycles. The lowest BCUT2D eigenvalue weighted by Crippen LogP contribution is -2.47. The molecule has 1 aliphatic heterocycles. The number of fused-ring (bicyclic) bond motifs is 1. The van der Waals surface area contributed by atoms with E-state index in [0.717, 1.165) is 23.2 Å².